The molecule has 1 aliphatic heterocycles. The lowest BCUT2D eigenvalue weighted by molar-refractivity contribution is -0.128. The molecule has 0 bridgehead atoms. The summed E-state index contributed by atoms with van der Waals surface area (Å²) in [6.07, 6.45) is 3.74. The SMILES string of the molecule is CC1(C)CN(Cc2ccccc2)C(c2ccccc2)/C(=C/c2ccccn2)C1=O. The van der Waals surface area contributed by atoms with Crippen molar-refractivity contribution in [1.82, 2.24) is 9.88 Å². The van der Waals surface area contributed by atoms with Crippen molar-refractivity contribution < 1.29 is 4.79 Å². The molecule has 1 unspecified atom stereocenters. The number of ketones is 1. The van der Waals surface area contributed by atoms with E-state index < -0.39 is 5.41 Å². The number of aromatic nitrogens is 1. The van der Waals surface area contributed by atoms with E-state index >= 15 is 0 Å². The average molecular weight is 383 g/mol. The van der Waals surface area contributed by atoms with Gasteiger partial charge in [0.15, 0.2) is 5.78 Å². The van der Waals surface area contributed by atoms with Gasteiger partial charge in [0.1, 0.15) is 0 Å². The van der Waals surface area contributed by atoms with Gasteiger partial charge >= 0.3 is 0 Å². The summed E-state index contributed by atoms with van der Waals surface area (Å²) in [5, 5.41) is 0. The first-order valence-electron chi connectivity index (χ1n) is 10.0. The monoisotopic (exact) mass is 382 g/mol. The zero-order valence-electron chi connectivity index (χ0n) is 17.0. The van der Waals surface area contributed by atoms with Crippen LogP contribution in [0.1, 0.15) is 36.7 Å². The van der Waals surface area contributed by atoms with Gasteiger partial charge in [-0.25, -0.2) is 0 Å². The molecular formula is C26H26N2O. The van der Waals surface area contributed by atoms with E-state index in [4.69, 9.17) is 0 Å². The number of hydrogen-bond acceptors (Lipinski definition) is 3. The van der Waals surface area contributed by atoms with Gasteiger partial charge in [-0.3, -0.25) is 14.7 Å². The van der Waals surface area contributed by atoms with Crippen LogP contribution in [-0.4, -0.2) is 22.2 Å². The van der Waals surface area contributed by atoms with Crippen molar-refractivity contribution in [3.05, 3.63) is 107 Å². The van der Waals surface area contributed by atoms with Crippen LogP contribution in [0, 0.1) is 5.41 Å². The highest BCUT2D eigenvalue weighted by atomic mass is 16.1. The topological polar surface area (TPSA) is 33.2 Å². The Morgan fingerprint density at radius 2 is 1.62 bits per heavy atom. The molecule has 0 amide bonds. The molecule has 0 radical (unpaired) electrons. The van der Waals surface area contributed by atoms with Crippen molar-refractivity contribution in [2.45, 2.75) is 26.4 Å². The third kappa shape index (κ3) is 4.20. The number of Topliss-reactive ketones (excluding diaryl/α,β-unsaturated/α-hetero) is 1. The summed E-state index contributed by atoms with van der Waals surface area (Å²) in [5.74, 6) is 0.196. The van der Waals surface area contributed by atoms with Crippen molar-refractivity contribution in [3.8, 4) is 0 Å². The normalized spacial score (nSPS) is 20.7. The van der Waals surface area contributed by atoms with E-state index in [1.807, 2.05) is 62.4 Å². The molecule has 3 aromatic rings. The second-order valence-electron chi connectivity index (χ2n) is 8.27. The average Bonchev–Trinajstić information content (AvgIpc) is 2.74. The molecule has 1 atom stereocenters. The molecule has 3 nitrogen and oxygen atoms in total. The van der Waals surface area contributed by atoms with Gasteiger partial charge < -0.3 is 0 Å². The van der Waals surface area contributed by atoms with E-state index in [1.54, 1.807) is 6.20 Å². The minimum Gasteiger partial charge on any atom is -0.294 e. The summed E-state index contributed by atoms with van der Waals surface area (Å²) in [6, 6.07) is 26.5. The molecule has 3 heteroatoms. The Kier molecular flexibility index (Phi) is 5.41. The van der Waals surface area contributed by atoms with Crippen molar-refractivity contribution in [2.24, 2.45) is 5.41 Å². The number of nitrogens with zero attached hydrogens (tertiary/aromatic N) is 2. The Balaban J connectivity index is 1.83. The Labute approximate surface area is 172 Å². The second kappa shape index (κ2) is 8.14. The fraction of sp³-hybridized carbons (Fsp3) is 0.231. The summed E-state index contributed by atoms with van der Waals surface area (Å²) in [4.78, 5) is 20.4. The van der Waals surface area contributed by atoms with Crippen LogP contribution in [0.15, 0.2) is 90.6 Å². The summed E-state index contributed by atoms with van der Waals surface area (Å²) >= 11 is 0. The van der Waals surface area contributed by atoms with Gasteiger partial charge in [0.25, 0.3) is 0 Å². The van der Waals surface area contributed by atoms with Gasteiger partial charge in [0.2, 0.25) is 0 Å². The molecule has 0 N–H and O–H groups in total. The largest absolute Gasteiger partial charge is 0.294 e. The number of pyridine rings is 1. The molecule has 1 fully saturated rings. The van der Waals surface area contributed by atoms with E-state index in [1.165, 1.54) is 5.56 Å². The van der Waals surface area contributed by atoms with Crippen LogP contribution in [0.3, 0.4) is 0 Å². The van der Waals surface area contributed by atoms with E-state index in [0.29, 0.717) is 6.54 Å². The summed E-state index contributed by atoms with van der Waals surface area (Å²) in [6.45, 7) is 5.58. The molecule has 146 valence electrons. The molecule has 2 heterocycles. The molecule has 0 aliphatic carbocycles. The van der Waals surface area contributed by atoms with Crippen LogP contribution in [-0.2, 0) is 11.3 Å². The molecule has 1 aromatic heterocycles. The lowest BCUT2D eigenvalue weighted by atomic mass is 9.74. The minimum atomic E-state index is -0.458. The molecule has 4 rings (SSSR count). The van der Waals surface area contributed by atoms with E-state index in [-0.39, 0.29) is 11.8 Å². The first-order chi connectivity index (χ1) is 14.0. The number of rotatable bonds is 4. The number of carbonyl (C=O) groups is 1. The Morgan fingerprint density at radius 1 is 0.966 bits per heavy atom. The third-order valence-corrected chi connectivity index (χ3v) is 5.47. The van der Waals surface area contributed by atoms with Crippen molar-refractivity contribution in [2.75, 3.05) is 6.54 Å². The molecule has 29 heavy (non-hydrogen) atoms. The minimum absolute atomic E-state index is 0.0982. The maximum Gasteiger partial charge on any atom is 0.167 e. The first-order valence-corrected chi connectivity index (χ1v) is 10.0. The van der Waals surface area contributed by atoms with Crippen LogP contribution in [0.4, 0.5) is 0 Å². The second-order valence-corrected chi connectivity index (χ2v) is 8.27. The third-order valence-electron chi connectivity index (χ3n) is 5.47. The van der Waals surface area contributed by atoms with E-state index in [9.17, 15) is 4.79 Å². The van der Waals surface area contributed by atoms with Crippen molar-refractivity contribution in [3.63, 3.8) is 0 Å². The van der Waals surface area contributed by atoms with Gasteiger partial charge in [0, 0.05) is 30.3 Å². The predicted octanol–water partition coefficient (Wildman–Crippen LogP) is 5.32. The first kappa shape index (κ1) is 19.3. The number of likely N-dealkylation sites (tertiary alicyclic amines) is 1. The number of benzene rings is 2. The van der Waals surface area contributed by atoms with Crippen molar-refractivity contribution in [1.29, 1.82) is 0 Å². The van der Waals surface area contributed by atoms with Gasteiger partial charge in [-0.2, -0.15) is 0 Å². The molecule has 1 aliphatic rings. The van der Waals surface area contributed by atoms with E-state index in [0.717, 1.165) is 23.4 Å². The lowest BCUT2D eigenvalue weighted by Crippen LogP contribution is -2.49. The summed E-state index contributed by atoms with van der Waals surface area (Å²) in [7, 11) is 0. The molecule has 0 spiro atoms. The smallest absolute Gasteiger partial charge is 0.167 e. The Morgan fingerprint density at radius 3 is 2.28 bits per heavy atom. The highest BCUT2D eigenvalue weighted by Gasteiger charge is 2.43. The number of carbonyl (C=O) groups excluding carboxylic acids is 1. The quantitative estimate of drug-likeness (QED) is 0.573. The predicted molar refractivity (Wildman–Crippen MR) is 117 cm³/mol. The van der Waals surface area contributed by atoms with Crippen LogP contribution < -0.4 is 0 Å². The van der Waals surface area contributed by atoms with Crippen LogP contribution in [0.5, 0.6) is 0 Å². The Hall–Kier alpha value is -3.04. The fourth-order valence-electron chi connectivity index (χ4n) is 4.14. The number of hydrogen-bond donors (Lipinski definition) is 0. The van der Waals surface area contributed by atoms with Crippen LogP contribution in [0.25, 0.3) is 6.08 Å². The molecule has 0 saturated carbocycles. The molecule has 1 saturated heterocycles. The molecule has 2 aromatic carbocycles. The maximum atomic E-state index is 13.5. The Bertz CT molecular complexity index is 995. The van der Waals surface area contributed by atoms with Gasteiger partial charge in [0.05, 0.1) is 11.7 Å². The summed E-state index contributed by atoms with van der Waals surface area (Å²) < 4.78 is 0. The standard InChI is InChI=1S/C26H26N2O/c1-26(2)19-28(18-20-11-5-3-6-12-20)24(21-13-7-4-8-14-21)23(25(26)29)17-22-15-9-10-16-27-22/h3-17,24H,18-19H2,1-2H3/b23-17-. The lowest BCUT2D eigenvalue weighted by Gasteiger charge is -2.44. The van der Waals surface area contributed by atoms with Gasteiger partial charge in [-0.15, -0.1) is 0 Å². The number of piperidine rings is 1. The van der Waals surface area contributed by atoms with Gasteiger partial charge in [-0.1, -0.05) is 80.6 Å². The summed E-state index contributed by atoms with van der Waals surface area (Å²) in [5.41, 5.74) is 3.54. The van der Waals surface area contributed by atoms with Gasteiger partial charge in [-0.05, 0) is 29.3 Å². The highest BCUT2D eigenvalue weighted by molar-refractivity contribution is 6.05. The molecular weight excluding hydrogens is 356 g/mol. The van der Waals surface area contributed by atoms with Crippen LogP contribution >= 0.6 is 0 Å². The van der Waals surface area contributed by atoms with Crippen LogP contribution in [0.2, 0.25) is 0 Å². The zero-order chi connectivity index (χ0) is 20.3. The highest BCUT2D eigenvalue weighted by Crippen LogP contribution is 2.42. The fourth-order valence-corrected chi connectivity index (χ4v) is 4.14. The maximum absolute atomic E-state index is 13.5. The van der Waals surface area contributed by atoms with E-state index in [2.05, 4.69) is 46.3 Å². The van der Waals surface area contributed by atoms with Crippen molar-refractivity contribution >= 4 is 11.9 Å². The zero-order valence-corrected chi connectivity index (χ0v) is 17.0.